The standard InChI is InChI=1S/C21H20FN5O/c1-13-9-10-16(22)19-14(13)7-5-11-26(19)12-18-23-24-21-25(2)20(28)15-6-3-4-8-17(15)27(18)21/h3-4,6,8-10H,5,7,11-12H2,1-2H3. The number of halogens is 1. The summed E-state index contributed by atoms with van der Waals surface area (Å²) in [6.07, 6.45) is 1.85. The van der Waals surface area contributed by atoms with Crippen LogP contribution in [0.2, 0.25) is 0 Å². The molecule has 0 saturated heterocycles. The van der Waals surface area contributed by atoms with Crippen molar-refractivity contribution in [2.75, 3.05) is 11.4 Å². The van der Waals surface area contributed by atoms with Crippen molar-refractivity contribution in [1.29, 1.82) is 0 Å². The minimum Gasteiger partial charge on any atom is -0.361 e. The zero-order valence-electron chi connectivity index (χ0n) is 15.8. The molecule has 28 heavy (non-hydrogen) atoms. The van der Waals surface area contributed by atoms with E-state index in [1.807, 2.05) is 40.5 Å². The summed E-state index contributed by atoms with van der Waals surface area (Å²) in [7, 11) is 1.70. The Hall–Kier alpha value is -3.22. The van der Waals surface area contributed by atoms with Gasteiger partial charge >= 0.3 is 0 Å². The largest absolute Gasteiger partial charge is 0.361 e. The lowest BCUT2D eigenvalue weighted by Crippen LogP contribution is -2.31. The van der Waals surface area contributed by atoms with E-state index in [1.54, 1.807) is 13.1 Å². The molecule has 7 heteroatoms. The molecule has 6 nitrogen and oxygen atoms in total. The first-order valence-corrected chi connectivity index (χ1v) is 9.41. The summed E-state index contributed by atoms with van der Waals surface area (Å²) in [4.78, 5) is 14.6. The third-order valence-electron chi connectivity index (χ3n) is 5.66. The third kappa shape index (κ3) is 2.35. The van der Waals surface area contributed by atoms with Crippen LogP contribution in [0.25, 0.3) is 16.7 Å². The van der Waals surface area contributed by atoms with Crippen LogP contribution in [0.3, 0.4) is 0 Å². The second-order valence-electron chi connectivity index (χ2n) is 7.35. The molecule has 1 aliphatic rings. The van der Waals surface area contributed by atoms with E-state index in [9.17, 15) is 9.18 Å². The number of para-hydroxylation sites is 1. The number of nitrogens with zero attached hydrogens (tertiary/aromatic N) is 5. The summed E-state index contributed by atoms with van der Waals surface area (Å²) in [5.41, 5.74) is 3.50. The van der Waals surface area contributed by atoms with Crippen molar-refractivity contribution in [2.24, 2.45) is 7.05 Å². The van der Waals surface area contributed by atoms with Crippen molar-refractivity contribution in [2.45, 2.75) is 26.3 Å². The van der Waals surface area contributed by atoms with Gasteiger partial charge in [-0.2, -0.15) is 0 Å². The molecule has 0 N–H and O–H groups in total. The Balaban J connectivity index is 1.70. The molecular weight excluding hydrogens is 357 g/mol. The lowest BCUT2D eigenvalue weighted by Gasteiger charge is -2.32. The monoisotopic (exact) mass is 377 g/mol. The van der Waals surface area contributed by atoms with Crippen LogP contribution < -0.4 is 10.5 Å². The second kappa shape index (κ2) is 6.15. The van der Waals surface area contributed by atoms with E-state index in [-0.39, 0.29) is 11.4 Å². The fourth-order valence-electron chi connectivity index (χ4n) is 4.25. The van der Waals surface area contributed by atoms with Crippen molar-refractivity contribution in [1.82, 2.24) is 19.2 Å². The fraction of sp³-hybridized carbons (Fsp3) is 0.286. The molecular formula is C21H20FN5O. The molecule has 2 aromatic carbocycles. The number of fused-ring (bicyclic) bond motifs is 4. The van der Waals surface area contributed by atoms with Gasteiger partial charge in [0.2, 0.25) is 5.78 Å². The molecule has 0 saturated carbocycles. The maximum absolute atomic E-state index is 14.7. The maximum atomic E-state index is 14.7. The van der Waals surface area contributed by atoms with Gasteiger partial charge in [-0.25, -0.2) is 4.39 Å². The highest BCUT2D eigenvalue weighted by atomic mass is 19.1. The van der Waals surface area contributed by atoms with Gasteiger partial charge in [0, 0.05) is 13.6 Å². The van der Waals surface area contributed by atoms with Crippen molar-refractivity contribution >= 4 is 22.4 Å². The van der Waals surface area contributed by atoms with Gasteiger partial charge in [-0.1, -0.05) is 18.2 Å². The summed E-state index contributed by atoms with van der Waals surface area (Å²) in [6.45, 7) is 3.21. The molecule has 3 heterocycles. The number of benzene rings is 2. The van der Waals surface area contributed by atoms with Crippen LogP contribution in [-0.4, -0.2) is 25.7 Å². The Morgan fingerprint density at radius 1 is 1.14 bits per heavy atom. The Morgan fingerprint density at radius 3 is 2.82 bits per heavy atom. The van der Waals surface area contributed by atoms with Crippen molar-refractivity contribution in [3.8, 4) is 0 Å². The lowest BCUT2D eigenvalue weighted by atomic mass is 9.96. The van der Waals surface area contributed by atoms with Crippen molar-refractivity contribution in [3.05, 3.63) is 69.5 Å². The van der Waals surface area contributed by atoms with E-state index >= 15 is 0 Å². The van der Waals surface area contributed by atoms with Crippen molar-refractivity contribution in [3.63, 3.8) is 0 Å². The third-order valence-corrected chi connectivity index (χ3v) is 5.66. The van der Waals surface area contributed by atoms with Gasteiger partial charge in [0.1, 0.15) is 5.82 Å². The molecule has 0 spiro atoms. The zero-order valence-corrected chi connectivity index (χ0v) is 15.8. The molecule has 0 unspecified atom stereocenters. The van der Waals surface area contributed by atoms with Gasteiger partial charge in [0.25, 0.3) is 5.56 Å². The van der Waals surface area contributed by atoms with Gasteiger partial charge in [0.15, 0.2) is 5.82 Å². The topological polar surface area (TPSA) is 55.4 Å². The van der Waals surface area contributed by atoms with E-state index in [4.69, 9.17) is 0 Å². The van der Waals surface area contributed by atoms with Crippen LogP contribution in [0.1, 0.15) is 23.4 Å². The summed E-state index contributed by atoms with van der Waals surface area (Å²) < 4.78 is 18.1. The predicted molar refractivity (Wildman–Crippen MR) is 106 cm³/mol. The van der Waals surface area contributed by atoms with Gasteiger partial charge in [-0.3, -0.25) is 13.8 Å². The van der Waals surface area contributed by atoms with E-state index < -0.39 is 0 Å². The molecule has 0 fully saturated rings. The van der Waals surface area contributed by atoms with Crippen LogP contribution >= 0.6 is 0 Å². The Bertz CT molecular complexity index is 1290. The maximum Gasteiger partial charge on any atom is 0.262 e. The molecule has 0 aliphatic carbocycles. The first-order chi connectivity index (χ1) is 13.6. The minimum absolute atomic E-state index is 0.105. The molecule has 5 rings (SSSR count). The number of aromatic nitrogens is 4. The molecule has 0 atom stereocenters. The van der Waals surface area contributed by atoms with Crippen LogP contribution in [0.15, 0.2) is 41.2 Å². The highest BCUT2D eigenvalue weighted by molar-refractivity contribution is 5.80. The summed E-state index contributed by atoms with van der Waals surface area (Å²) in [5, 5.41) is 9.21. The number of anilines is 1. The lowest BCUT2D eigenvalue weighted by molar-refractivity contribution is 0.589. The van der Waals surface area contributed by atoms with Gasteiger partial charge in [-0.05, 0) is 49.1 Å². The Morgan fingerprint density at radius 2 is 1.96 bits per heavy atom. The van der Waals surface area contributed by atoms with Gasteiger partial charge in [-0.15, -0.1) is 10.2 Å². The van der Waals surface area contributed by atoms with Crippen LogP contribution in [0, 0.1) is 12.7 Å². The summed E-state index contributed by atoms with van der Waals surface area (Å²) >= 11 is 0. The van der Waals surface area contributed by atoms with E-state index in [2.05, 4.69) is 10.2 Å². The molecule has 2 aromatic heterocycles. The van der Waals surface area contributed by atoms with Crippen LogP contribution in [-0.2, 0) is 20.0 Å². The average molecular weight is 377 g/mol. The van der Waals surface area contributed by atoms with Crippen LogP contribution in [0.4, 0.5) is 10.1 Å². The highest BCUT2D eigenvalue weighted by Crippen LogP contribution is 2.33. The Labute approximate surface area is 160 Å². The summed E-state index contributed by atoms with van der Waals surface area (Å²) in [5.74, 6) is 0.975. The number of hydrogen-bond donors (Lipinski definition) is 0. The minimum atomic E-state index is -0.202. The SMILES string of the molecule is Cc1ccc(F)c2c1CCCN2Cc1nnc2n(C)c(=O)c3ccccc3n12. The number of rotatable bonds is 2. The number of aryl methyl sites for hydroxylation is 2. The molecule has 0 radical (unpaired) electrons. The zero-order chi connectivity index (χ0) is 19.4. The van der Waals surface area contributed by atoms with E-state index in [1.165, 1.54) is 10.6 Å². The highest BCUT2D eigenvalue weighted by Gasteiger charge is 2.24. The molecule has 142 valence electrons. The van der Waals surface area contributed by atoms with Crippen molar-refractivity contribution < 1.29 is 4.39 Å². The summed E-state index contributed by atoms with van der Waals surface area (Å²) in [6, 6.07) is 10.8. The van der Waals surface area contributed by atoms with Crippen LogP contribution in [0.5, 0.6) is 0 Å². The normalized spacial score (nSPS) is 14.0. The van der Waals surface area contributed by atoms with E-state index in [0.29, 0.717) is 29.2 Å². The quantitative estimate of drug-likeness (QED) is 0.539. The predicted octanol–water partition coefficient (Wildman–Crippen LogP) is 2.98. The molecule has 4 aromatic rings. The molecule has 0 bridgehead atoms. The smallest absolute Gasteiger partial charge is 0.262 e. The second-order valence-corrected chi connectivity index (χ2v) is 7.35. The molecule has 0 amide bonds. The average Bonchev–Trinajstić information content (AvgIpc) is 3.13. The Kier molecular flexibility index (Phi) is 3.72. The number of hydrogen-bond acceptors (Lipinski definition) is 4. The first-order valence-electron chi connectivity index (χ1n) is 9.41. The van der Waals surface area contributed by atoms with E-state index in [0.717, 1.165) is 36.0 Å². The van der Waals surface area contributed by atoms with Gasteiger partial charge < -0.3 is 4.90 Å². The van der Waals surface area contributed by atoms with Gasteiger partial charge in [0.05, 0.1) is 23.1 Å². The fourth-order valence-corrected chi connectivity index (χ4v) is 4.25. The molecule has 1 aliphatic heterocycles. The first kappa shape index (κ1) is 16.9.